The summed E-state index contributed by atoms with van der Waals surface area (Å²) in [5, 5.41) is 5.49. The molecule has 2 amide bonds. The molecule has 2 aromatic carbocycles. The minimum atomic E-state index is -0.399. The zero-order valence-electron chi connectivity index (χ0n) is 12.9. The molecule has 2 N–H and O–H groups in total. The minimum absolute atomic E-state index is 0.354. The van der Waals surface area contributed by atoms with Gasteiger partial charge in [0.25, 0.3) is 0 Å². The molecule has 0 unspecified atom stereocenters. The molecule has 0 radical (unpaired) electrons. The van der Waals surface area contributed by atoms with Gasteiger partial charge in [-0.3, -0.25) is 4.57 Å². The summed E-state index contributed by atoms with van der Waals surface area (Å²) in [5.74, 6) is -0.399. The van der Waals surface area contributed by atoms with E-state index < -0.39 is 5.76 Å². The normalized spacial score (nSPS) is 10.7. The van der Waals surface area contributed by atoms with Crippen LogP contribution in [0.4, 0.5) is 16.2 Å². The first-order valence-electron chi connectivity index (χ1n) is 7.35. The maximum Gasteiger partial charge on any atom is 0.419 e. The molecular weight excluding hydrogens is 294 g/mol. The van der Waals surface area contributed by atoms with Crippen molar-refractivity contribution in [3.8, 4) is 0 Å². The Morgan fingerprint density at radius 3 is 2.57 bits per heavy atom. The summed E-state index contributed by atoms with van der Waals surface area (Å²) in [4.78, 5) is 23.7. The van der Waals surface area contributed by atoms with Gasteiger partial charge in [-0.25, -0.2) is 9.59 Å². The molecule has 1 heterocycles. The van der Waals surface area contributed by atoms with Gasteiger partial charge in [0, 0.05) is 24.0 Å². The van der Waals surface area contributed by atoms with Crippen LogP contribution in [-0.2, 0) is 6.54 Å². The van der Waals surface area contributed by atoms with E-state index in [1.165, 1.54) is 4.57 Å². The fraction of sp³-hybridized carbons (Fsp3) is 0.176. The number of hydrogen-bond donors (Lipinski definition) is 2. The first kappa shape index (κ1) is 14.9. The Hall–Kier alpha value is -3.02. The van der Waals surface area contributed by atoms with Crippen molar-refractivity contribution in [1.82, 2.24) is 4.57 Å². The van der Waals surface area contributed by atoms with Crippen molar-refractivity contribution in [1.29, 1.82) is 0 Å². The van der Waals surface area contributed by atoms with Crippen molar-refractivity contribution in [2.75, 3.05) is 10.6 Å². The van der Waals surface area contributed by atoms with Crippen LogP contribution in [0.3, 0.4) is 0 Å². The molecule has 0 fully saturated rings. The van der Waals surface area contributed by atoms with E-state index in [2.05, 4.69) is 10.6 Å². The molecule has 6 heteroatoms. The van der Waals surface area contributed by atoms with E-state index in [0.29, 0.717) is 29.0 Å². The Labute approximate surface area is 132 Å². The van der Waals surface area contributed by atoms with E-state index >= 15 is 0 Å². The van der Waals surface area contributed by atoms with Gasteiger partial charge in [-0.15, -0.1) is 0 Å². The van der Waals surface area contributed by atoms with E-state index in [9.17, 15) is 9.59 Å². The molecule has 0 spiro atoms. The topological polar surface area (TPSA) is 76.3 Å². The Bertz CT molecular complexity index is 924. The number of benzene rings is 2. The van der Waals surface area contributed by atoms with Crippen LogP contribution >= 0.6 is 0 Å². The highest BCUT2D eigenvalue weighted by Crippen LogP contribution is 2.19. The number of fused-ring (bicyclic) bond motifs is 1. The average molecular weight is 311 g/mol. The third kappa shape index (κ3) is 3.11. The van der Waals surface area contributed by atoms with Gasteiger partial charge < -0.3 is 15.1 Å². The summed E-state index contributed by atoms with van der Waals surface area (Å²) in [6, 6.07) is 12.3. The van der Waals surface area contributed by atoms with Crippen LogP contribution in [0, 0.1) is 6.92 Å². The zero-order chi connectivity index (χ0) is 16.4. The summed E-state index contributed by atoms with van der Waals surface area (Å²) in [6.45, 7) is 4.36. The van der Waals surface area contributed by atoms with Crippen LogP contribution in [0.2, 0.25) is 0 Å². The smallest absolute Gasteiger partial charge is 0.408 e. The lowest BCUT2D eigenvalue weighted by Crippen LogP contribution is -2.19. The van der Waals surface area contributed by atoms with Crippen molar-refractivity contribution in [2.45, 2.75) is 20.4 Å². The Morgan fingerprint density at radius 2 is 1.87 bits per heavy atom. The van der Waals surface area contributed by atoms with Crippen LogP contribution in [-0.4, -0.2) is 10.6 Å². The van der Waals surface area contributed by atoms with Crippen molar-refractivity contribution < 1.29 is 9.21 Å². The second kappa shape index (κ2) is 6.00. The number of aryl methyl sites for hydroxylation is 2. The molecule has 1 aromatic heterocycles. The first-order chi connectivity index (χ1) is 11.1. The predicted octanol–water partition coefficient (Wildman–Crippen LogP) is 3.57. The maximum atomic E-state index is 12.0. The first-order valence-corrected chi connectivity index (χ1v) is 7.35. The third-order valence-corrected chi connectivity index (χ3v) is 3.52. The summed E-state index contributed by atoms with van der Waals surface area (Å²) < 4.78 is 6.72. The van der Waals surface area contributed by atoms with Gasteiger partial charge in [-0.05, 0) is 43.7 Å². The van der Waals surface area contributed by atoms with E-state index in [1.54, 1.807) is 18.2 Å². The van der Waals surface area contributed by atoms with Gasteiger partial charge >= 0.3 is 11.8 Å². The number of anilines is 2. The van der Waals surface area contributed by atoms with Gasteiger partial charge in [0.05, 0.1) is 5.52 Å². The van der Waals surface area contributed by atoms with Crippen molar-refractivity contribution in [3.05, 3.63) is 58.6 Å². The van der Waals surface area contributed by atoms with Crippen LogP contribution in [0.15, 0.2) is 51.7 Å². The highest BCUT2D eigenvalue weighted by Gasteiger charge is 2.09. The van der Waals surface area contributed by atoms with E-state index in [0.717, 1.165) is 5.56 Å². The summed E-state index contributed by atoms with van der Waals surface area (Å²) in [6.07, 6.45) is 0. The number of nitrogens with zero attached hydrogens (tertiary/aromatic N) is 1. The number of carbonyl (C=O) groups excluding carboxylic acids is 1. The lowest BCUT2D eigenvalue weighted by atomic mass is 10.2. The van der Waals surface area contributed by atoms with Crippen molar-refractivity contribution in [2.24, 2.45) is 0 Å². The summed E-state index contributed by atoms with van der Waals surface area (Å²) >= 11 is 0. The standard InChI is InChI=1S/C17H17N3O3/c1-3-20-14-8-7-13(10-15(14)23-17(20)22)19-16(21)18-12-6-4-5-11(2)9-12/h4-10H,3H2,1-2H3,(H2,18,19,21). The lowest BCUT2D eigenvalue weighted by molar-refractivity contribution is 0.262. The molecule has 6 nitrogen and oxygen atoms in total. The number of aromatic nitrogens is 1. The monoisotopic (exact) mass is 311 g/mol. The molecule has 0 aliphatic heterocycles. The molecule has 118 valence electrons. The minimum Gasteiger partial charge on any atom is -0.408 e. The molecule has 0 atom stereocenters. The largest absolute Gasteiger partial charge is 0.419 e. The number of rotatable bonds is 3. The molecule has 0 saturated carbocycles. The number of nitrogens with one attached hydrogen (secondary N) is 2. The summed E-state index contributed by atoms with van der Waals surface area (Å²) in [5.41, 5.74) is 3.49. The highest BCUT2D eigenvalue weighted by molar-refractivity contribution is 6.00. The Balaban J connectivity index is 1.78. The number of urea groups is 1. The van der Waals surface area contributed by atoms with Gasteiger partial charge in [0.1, 0.15) is 0 Å². The Morgan fingerprint density at radius 1 is 1.13 bits per heavy atom. The molecule has 0 aliphatic rings. The van der Waals surface area contributed by atoms with Gasteiger partial charge in [-0.2, -0.15) is 0 Å². The maximum absolute atomic E-state index is 12.0. The number of amides is 2. The fourth-order valence-corrected chi connectivity index (χ4v) is 2.46. The third-order valence-electron chi connectivity index (χ3n) is 3.52. The molecule has 0 aliphatic carbocycles. The highest BCUT2D eigenvalue weighted by atomic mass is 16.4. The molecule has 0 saturated heterocycles. The Kier molecular flexibility index (Phi) is 3.89. The fourth-order valence-electron chi connectivity index (χ4n) is 2.46. The molecular formula is C17H17N3O3. The quantitative estimate of drug-likeness (QED) is 0.776. The molecule has 23 heavy (non-hydrogen) atoms. The van der Waals surface area contributed by atoms with Gasteiger partial charge in [0.2, 0.25) is 0 Å². The number of oxazole rings is 1. The van der Waals surface area contributed by atoms with E-state index in [1.807, 2.05) is 38.1 Å². The van der Waals surface area contributed by atoms with Crippen molar-refractivity contribution in [3.63, 3.8) is 0 Å². The van der Waals surface area contributed by atoms with Crippen LogP contribution in [0.5, 0.6) is 0 Å². The average Bonchev–Trinajstić information content (AvgIpc) is 2.81. The van der Waals surface area contributed by atoms with E-state index in [4.69, 9.17) is 4.42 Å². The second-order valence-electron chi connectivity index (χ2n) is 5.24. The van der Waals surface area contributed by atoms with Gasteiger partial charge in [-0.1, -0.05) is 12.1 Å². The van der Waals surface area contributed by atoms with Crippen molar-refractivity contribution >= 4 is 28.5 Å². The SMILES string of the molecule is CCn1c(=O)oc2cc(NC(=O)Nc3cccc(C)c3)ccc21. The molecule has 3 rings (SSSR count). The number of hydrogen-bond acceptors (Lipinski definition) is 3. The van der Waals surface area contributed by atoms with Crippen LogP contribution in [0.25, 0.3) is 11.1 Å². The lowest BCUT2D eigenvalue weighted by Gasteiger charge is -2.08. The molecule has 0 bridgehead atoms. The zero-order valence-corrected chi connectivity index (χ0v) is 12.9. The van der Waals surface area contributed by atoms with E-state index in [-0.39, 0.29) is 6.03 Å². The molecule has 3 aromatic rings. The van der Waals surface area contributed by atoms with Crippen LogP contribution < -0.4 is 16.4 Å². The summed E-state index contributed by atoms with van der Waals surface area (Å²) in [7, 11) is 0. The second-order valence-corrected chi connectivity index (χ2v) is 5.24. The number of carbonyl (C=O) groups is 1. The van der Waals surface area contributed by atoms with Gasteiger partial charge in [0.15, 0.2) is 5.58 Å². The predicted molar refractivity (Wildman–Crippen MR) is 90.0 cm³/mol. The van der Waals surface area contributed by atoms with Crippen LogP contribution in [0.1, 0.15) is 12.5 Å².